The Balaban J connectivity index is 2.20. The Hall–Kier alpha value is -2.10. The minimum atomic E-state index is -0.386. The van der Waals surface area contributed by atoms with Crippen LogP contribution in [0.1, 0.15) is 92.9 Å². The van der Waals surface area contributed by atoms with Gasteiger partial charge in [0.2, 0.25) is 0 Å². The fourth-order valence-electron chi connectivity index (χ4n) is 2.68. The summed E-state index contributed by atoms with van der Waals surface area (Å²) in [5, 5.41) is 0. The lowest BCUT2D eigenvalue weighted by Crippen LogP contribution is -2.11. The first kappa shape index (κ1) is 23.9. The minimum absolute atomic E-state index is 0.271. The number of esters is 2. The molecule has 0 bridgehead atoms. The molecule has 1 aromatic carbocycles. The van der Waals surface area contributed by atoms with Gasteiger partial charge >= 0.3 is 11.9 Å². The van der Waals surface area contributed by atoms with Gasteiger partial charge in [-0.1, -0.05) is 71.4 Å². The van der Waals surface area contributed by atoms with Gasteiger partial charge in [0, 0.05) is 0 Å². The largest absolute Gasteiger partial charge is 0.462 e. The number of ether oxygens (including phenoxy) is 2. The summed E-state index contributed by atoms with van der Waals surface area (Å²) in [6.07, 6.45) is 14.1. The number of carbonyl (C=O) groups is 2. The molecule has 1 rings (SSSR count). The van der Waals surface area contributed by atoms with Crippen LogP contribution in [0, 0.1) is 5.92 Å². The van der Waals surface area contributed by atoms with Gasteiger partial charge in [-0.3, -0.25) is 0 Å². The van der Waals surface area contributed by atoms with E-state index in [-0.39, 0.29) is 24.5 Å². The normalized spacial score (nSPS) is 11.1. The lowest BCUT2D eigenvalue weighted by atomic mass is 10.1. The smallest absolute Gasteiger partial charge is 0.338 e. The molecule has 0 fully saturated rings. The maximum absolute atomic E-state index is 12.0. The second kappa shape index (κ2) is 14.9. The van der Waals surface area contributed by atoms with Crippen LogP contribution < -0.4 is 0 Å². The van der Waals surface area contributed by atoms with Crippen LogP contribution >= 0.6 is 0 Å². The van der Waals surface area contributed by atoms with Crippen molar-refractivity contribution in [2.45, 2.75) is 72.1 Å². The third-order valence-electron chi connectivity index (χ3n) is 4.36. The Kier molecular flexibility index (Phi) is 12.7. The van der Waals surface area contributed by atoms with Gasteiger partial charge in [-0.2, -0.15) is 0 Å². The standard InChI is InChI=1S/C24H36O4/c1-4-5-6-7-8-9-10-11-12-13-18-27-23(25)21-14-16-22(17-15-21)24(26)28-19-20(2)3/h12-17,20H,4-11,18-19H2,1-3H3/b13-12+. The van der Waals surface area contributed by atoms with E-state index < -0.39 is 0 Å². The van der Waals surface area contributed by atoms with Gasteiger partial charge in [0.05, 0.1) is 17.7 Å². The Bertz CT molecular complexity index is 587. The van der Waals surface area contributed by atoms with E-state index in [1.54, 1.807) is 24.3 Å². The summed E-state index contributed by atoms with van der Waals surface area (Å²) in [6.45, 7) is 6.85. The first-order chi connectivity index (χ1) is 13.5. The van der Waals surface area contributed by atoms with E-state index in [9.17, 15) is 9.59 Å². The molecule has 0 saturated carbocycles. The van der Waals surface area contributed by atoms with Crippen molar-refractivity contribution in [1.29, 1.82) is 0 Å². The Morgan fingerprint density at radius 1 is 0.821 bits per heavy atom. The fraction of sp³-hybridized carbons (Fsp3) is 0.583. The molecule has 4 heteroatoms. The van der Waals surface area contributed by atoms with E-state index in [2.05, 4.69) is 13.0 Å². The van der Waals surface area contributed by atoms with Crippen molar-refractivity contribution in [3.05, 3.63) is 47.5 Å². The quantitative estimate of drug-likeness (QED) is 0.212. The number of hydrogen-bond donors (Lipinski definition) is 0. The predicted molar refractivity (Wildman–Crippen MR) is 114 cm³/mol. The second-order valence-electron chi connectivity index (χ2n) is 7.55. The van der Waals surface area contributed by atoms with Gasteiger partial charge in [0.1, 0.15) is 6.61 Å². The van der Waals surface area contributed by atoms with Crippen molar-refractivity contribution < 1.29 is 19.1 Å². The van der Waals surface area contributed by atoms with Crippen LogP contribution in [0.25, 0.3) is 0 Å². The van der Waals surface area contributed by atoms with E-state index in [0.717, 1.165) is 6.42 Å². The first-order valence-electron chi connectivity index (χ1n) is 10.6. The SMILES string of the molecule is CCCCCCCCC/C=C/COC(=O)c1ccc(C(=O)OCC(C)C)cc1. The van der Waals surface area contributed by atoms with Crippen molar-refractivity contribution in [1.82, 2.24) is 0 Å². The summed E-state index contributed by atoms with van der Waals surface area (Å²) in [6, 6.07) is 6.37. The first-order valence-corrected chi connectivity index (χ1v) is 10.6. The van der Waals surface area contributed by atoms with Gasteiger partial charge in [0.15, 0.2) is 0 Å². The minimum Gasteiger partial charge on any atom is -0.462 e. The van der Waals surface area contributed by atoms with Gasteiger partial charge < -0.3 is 9.47 Å². The highest BCUT2D eigenvalue weighted by atomic mass is 16.5. The van der Waals surface area contributed by atoms with Gasteiger partial charge in [0.25, 0.3) is 0 Å². The summed E-state index contributed by atoms with van der Waals surface area (Å²) >= 11 is 0. The Morgan fingerprint density at radius 2 is 1.36 bits per heavy atom. The lowest BCUT2D eigenvalue weighted by molar-refractivity contribution is 0.0457. The van der Waals surface area contributed by atoms with E-state index in [4.69, 9.17) is 9.47 Å². The molecule has 0 spiro atoms. The fourth-order valence-corrected chi connectivity index (χ4v) is 2.68. The average molecular weight is 389 g/mol. The number of allylic oxidation sites excluding steroid dienone is 1. The van der Waals surface area contributed by atoms with E-state index >= 15 is 0 Å². The summed E-state index contributed by atoms with van der Waals surface area (Å²) in [7, 11) is 0. The molecule has 0 unspecified atom stereocenters. The monoisotopic (exact) mass is 388 g/mol. The lowest BCUT2D eigenvalue weighted by Gasteiger charge is -2.07. The number of rotatable bonds is 14. The van der Waals surface area contributed by atoms with Crippen LogP contribution in [0.4, 0.5) is 0 Å². The topological polar surface area (TPSA) is 52.6 Å². The summed E-state index contributed by atoms with van der Waals surface area (Å²) in [5.41, 5.74) is 0.868. The van der Waals surface area contributed by atoms with Crippen LogP contribution in [0.5, 0.6) is 0 Å². The van der Waals surface area contributed by atoms with Crippen LogP contribution in [0.3, 0.4) is 0 Å². The maximum Gasteiger partial charge on any atom is 0.338 e. The Labute approximate surface area is 170 Å². The summed E-state index contributed by atoms with van der Waals surface area (Å²) in [4.78, 5) is 23.9. The molecule has 0 N–H and O–H groups in total. The van der Waals surface area contributed by atoms with Crippen molar-refractivity contribution in [3.63, 3.8) is 0 Å². The van der Waals surface area contributed by atoms with Crippen molar-refractivity contribution >= 4 is 11.9 Å². The molecular weight excluding hydrogens is 352 g/mol. The maximum atomic E-state index is 12.0. The number of hydrogen-bond acceptors (Lipinski definition) is 4. The van der Waals surface area contributed by atoms with Crippen LogP contribution in [0.2, 0.25) is 0 Å². The average Bonchev–Trinajstić information content (AvgIpc) is 2.70. The van der Waals surface area contributed by atoms with Crippen LogP contribution in [0.15, 0.2) is 36.4 Å². The molecule has 0 aliphatic rings. The van der Waals surface area contributed by atoms with Crippen molar-refractivity contribution in [2.75, 3.05) is 13.2 Å². The molecule has 0 heterocycles. The molecule has 0 aliphatic heterocycles. The van der Waals surface area contributed by atoms with E-state index in [0.29, 0.717) is 17.7 Å². The molecule has 0 aliphatic carbocycles. The molecule has 1 aromatic rings. The zero-order valence-electron chi connectivity index (χ0n) is 17.7. The third-order valence-corrected chi connectivity index (χ3v) is 4.36. The molecule has 28 heavy (non-hydrogen) atoms. The summed E-state index contributed by atoms with van der Waals surface area (Å²) in [5.74, 6) is -0.471. The molecule has 0 aromatic heterocycles. The highest BCUT2D eigenvalue weighted by Crippen LogP contribution is 2.10. The number of benzene rings is 1. The molecule has 0 radical (unpaired) electrons. The zero-order chi connectivity index (χ0) is 20.6. The predicted octanol–water partition coefficient (Wildman–Crippen LogP) is 6.35. The number of unbranched alkanes of at least 4 members (excludes halogenated alkanes) is 7. The van der Waals surface area contributed by atoms with Crippen molar-refractivity contribution in [2.24, 2.45) is 5.92 Å². The molecule has 4 nitrogen and oxygen atoms in total. The third kappa shape index (κ3) is 10.9. The highest BCUT2D eigenvalue weighted by Gasteiger charge is 2.11. The van der Waals surface area contributed by atoms with Gasteiger partial charge in [-0.25, -0.2) is 9.59 Å². The highest BCUT2D eigenvalue weighted by molar-refractivity contribution is 5.93. The van der Waals surface area contributed by atoms with Crippen molar-refractivity contribution in [3.8, 4) is 0 Å². The zero-order valence-corrected chi connectivity index (χ0v) is 17.7. The van der Waals surface area contributed by atoms with E-state index in [1.165, 1.54) is 44.9 Å². The van der Waals surface area contributed by atoms with Gasteiger partial charge in [-0.05, 0) is 43.0 Å². The molecule has 0 saturated heterocycles. The Morgan fingerprint density at radius 3 is 1.93 bits per heavy atom. The van der Waals surface area contributed by atoms with Gasteiger partial charge in [-0.15, -0.1) is 0 Å². The summed E-state index contributed by atoms with van der Waals surface area (Å²) < 4.78 is 10.4. The van der Waals surface area contributed by atoms with Crippen LogP contribution in [-0.4, -0.2) is 25.2 Å². The van der Waals surface area contributed by atoms with Crippen LogP contribution in [-0.2, 0) is 9.47 Å². The van der Waals surface area contributed by atoms with E-state index in [1.807, 2.05) is 19.9 Å². The molecule has 0 amide bonds. The molecule has 0 atom stereocenters. The molecule has 156 valence electrons. The second-order valence-corrected chi connectivity index (χ2v) is 7.55. The molecular formula is C24H36O4. The number of carbonyl (C=O) groups excluding carboxylic acids is 2.